The van der Waals surface area contributed by atoms with Gasteiger partial charge in [-0.15, -0.1) is 0 Å². The number of nitrogens with one attached hydrogen (secondary N) is 1. The van der Waals surface area contributed by atoms with E-state index in [9.17, 15) is 13.2 Å². The van der Waals surface area contributed by atoms with Crippen LogP contribution in [0.15, 0.2) is 28.1 Å². The van der Waals surface area contributed by atoms with Crippen molar-refractivity contribution in [2.45, 2.75) is 17.9 Å². The number of carbonyl (C=O) groups excluding carboxylic acids is 1. The molecule has 100 valence electrons. The largest absolute Gasteiger partial charge is 0.307 e. The fourth-order valence-electron chi connectivity index (χ4n) is 2.34. The molecule has 0 radical (unpaired) electrons. The molecule has 0 aliphatic carbocycles. The van der Waals surface area contributed by atoms with Crippen molar-refractivity contribution >= 4 is 27.4 Å². The predicted molar refractivity (Wildman–Crippen MR) is 71.3 cm³/mol. The van der Waals surface area contributed by atoms with E-state index < -0.39 is 9.84 Å². The first-order chi connectivity index (χ1) is 8.88. The third-order valence-electron chi connectivity index (χ3n) is 3.30. The number of aliphatic imine (C=N–C) groups is 1. The van der Waals surface area contributed by atoms with Crippen molar-refractivity contribution in [3.8, 4) is 0 Å². The molecule has 1 aromatic carbocycles. The summed E-state index contributed by atoms with van der Waals surface area (Å²) in [5.74, 6) is 0.224. The lowest BCUT2D eigenvalue weighted by Gasteiger charge is -2.31. The van der Waals surface area contributed by atoms with E-state index in [4.69, 9.17) is 0 Å². The highest BCUT2D eigenvalue weighted by Gasteiger charge is 2.34. The van der Waals surface area contributed by atoms with E-state index in [0.717, 1.165) is 6.26 Å². The minimum atomic E-state index is -3.32. The minimum absolute atomic E-state index is 0.147. The number of anilines is 1. The lowest BCUT2D eigenvalue weighted by molar-refractivity contribution is 0.0974. The zero-order valence-electron chi connectivity index (χ0n) is 10.5. The van der Waals surface area contributed by atoms with Crippen LogP contribution in [-0.4, -0.2) is 39.1 Å². The quantitative estimate of drug-likeness (QED) is 0.807. The maximum absolute atomic E-state index is 12.0. The number of nitrogens with zero attached hydrogens (tertiary/aromatic N) is 2. The lowest BCUT2D eigenvalue weighted by Crippen LogP contribution is -2.49. The molecule has 0 fully saturated rings. The Bertz CT molecular complexity index is 709. The molecular formula is C12H13N3O3S. The van der Waals surface area contributed by atoms with Crippen LogP contribution in [0.2, 0.25) is 0 Å². The molecule has 7 heteroatoms. The minimum Gasteiger partial charge on any atom is -0.307 e. The molecule has 3 rings (SSSR count). The van der Waals surface area contributed by atoms with Crippen LogP contribution in [-0.2, 0) is 9.84 Å². The van der Waals surface area contributed by atoms with Gasteiger partial charge in [0.05, 0.1) is 28.7 Å². The number of hydrogen-bond acceptors (Lipinski definition) is 5. The summed E-state index contributed by atoms with van der Waals surface area (Å²) in [6, 6.07) is 4.76. The first kappa shape index (κ1) is 12.2. The molecule has 0 saturated heterocycles. The van der Waals surface area contributed by atoms with Gasteiger partial charge in [-0.3, -0.25) is 15.1 Å². The number of carbonyl (C=O) groups is 1. The third-order valence-corrected chi connectivity index (χ3v) is 4.41. The van der Waals surface area contributed by atoms with Gasteiger partial charge >= 0.3 is 0 Å². The molecule has 1 aromatic rings. The molecule has 0 unspecified atom stereocenters. The average Bonchev–Trinajstić information content (AvgIpc) is 2.69. The van der Waals surface area contributed by atoms with Gasteiger partial charge in [0, 0.05) is 6.26 Å². The van der Waals surface area contributed by atoms with Gasteiger partial charge in [0.2, 0.25) is 5.96 Å². The van der Waals surface area contributed by atoms with Crippen LogP contribution in [0, 0.1) is 0 Å². The second-order valence-electron chi connectivity index (χ2n) is 4.79. The zero-order chi connectivity index (χ0) is 13.8. The van der Waals surface area contributed by atoms with Gasteiger partial charge < -0.3 is 4.90 Å². The van der Waals surface area contributed by atoms with Crippen molar-refractivity contribution in [1.82, 2.24) is 5.32 Å². The zero-order valence-corrected chi connectivity index (χ0v) is 11.4. The van der Waals surface area contributed by atoms with Gasteiger partial charge in [0.1, 0.15) is 0 Å². The monoisotopic (exact) mass is 279 g/mol. The second kappa shape index (κ2) is 3.80. The van der Waals surface area contributed by atoms with Gasteiger partial charge in [-0.1, -0.05) is 0 Å². The average molecular weight is 279 g/mol. The molecular weight excluding hydrogens is 266 g/mol. The summed E-state index contributed by atoms with van der Waals surface area (Å²) in [4.78, 5) is 18.3. The third kappa shape index (κ3) is 1.81. The normalized spacial score (nSPS) is 21.6. The summed E-state index contributed by atoms with van der Waals surface area (Å²) in [7, 11) is -3.32. The summed E-state index contributed by atoms with van der Waals surface area (Å²) in [6.07, 6.45) is 1.13. The van der Waals surface area contributed by atoms with E-state index in [1.54, 1.807) is 6.07 Å². The molecule has 0 saturated carbocycles. The van der Waals surface area contributed by atoms with Crippen LogP contribution in [0.5, 0.6) is 0 Å². The van der Waals surface area contributed by atoms with E-state index in [2.05, 4.69) is 10.3 Å². The highest BCUT2D eigenvalue weighted by molar-refractivity contribution is 7.90. The van der Waals surface area contributed by atoms with Gasteiger partial charge in [-0.2, -0.15) is 0 Å². The maximum atomic E-state index is 12.0. The molecule has 6 nitrogen and oxygen atoms in total. The van der Waals surface area contributed by atoms with E-state index in [0.29, 0.717) is 23.8 Å². The first-order valence-electron chi connectivity index (χ1n) is 5.87. The highest BCUT2D eigenvalue weighted by atomic mass is 32.2. The van der Waals surface area contributed by atoms with E-state index in [1.165, 1.54) is 12.1 Å². The van der Waals surface area contributed by atoms with Crippen LogP contribution in [0.1, 0.15) is 17.3 Å². The number of benzene rings is 1. The van der Waals surface area contributed by atoms with Gasteiger partial charge in [-0.25, -0.2) is 8.42 Å². The van der Waals surface area contributed by atoms with E-state index >= 15 is 0 Å². The lowest BCUT2D eigenvalue weighted by atomic mass is 10.1. The fourth-order valence-corrected chi connectivity index (χ4v) is 2.99. The Labute approximate surface area is 111 Å². The van der Waals surface area contributed by atoms with Crippen LogP contribution in [0.4, 0.5) is 5.69 Å². The summed E-state index contributed by atoms with van der Waals surface area (Å²) in [5.41, 5.74) is 1.08. The van der Waals surface area contributed by atoms with Crippen molar-refractivity contribution in [3.63, 3.8) is 0 Å². The van der Waals surface area contributed by atoms with E-state index in [1.807, 2.05) is 11.8 Å². The van der Waals surface area contributed by atoms with Gasteiger partial charge in [0.15, 0.2) is 9.84 Å². The van der Waals surface area contributed by atoms with Crippen LogP contribution >= 0.6 is 0 Å². The number of amides is 1. The van der Waals surface area contributed by atoms with Crippen molar-refractivity contribution in [1.29, 1.82) is 0 Å². The molecule has 1 N–H and O–H groups in total. The van der Waals surface area contributed by atoms with Crippen LogP contribution < -0.4 is 10.2 Å². The van der Waals surface area contributed by atoms with Crippen LogP contribution in [0.25, 0.3) is 0 Å². The maximum Gasteiger partial charge on any atom is 0.260 e. The molecule has 0 spiro atoms. The number of guanidine groups is 1. The van der Waals surface area contributed by atoms with Crippen molar-refractivity contribution < 1.29 is 13.2 Å². The number of sulfone groups is 1. The molecule has 1 atom stereocenters. The Morgan fingerprint density at radius 1 is 1.42 bits per heavy atom. The fraction of sp³-hybridized carbons (Fsp3) is 0.333. The number of hydrogen-bond donors (Lipinski definition) is 1. The molecule has 2 aliphatic rings. The Morgan fingerprint density at radius 2 is 2.16 bits per heavy atom. The molecule has 2 heterocycles. The summed E-state index contributed by atoms with van der Waals surface area (Å²) in [6.45, 7) is 2.62. The summed E-state index contributed by atoms with van der Waals surface area (Å²) < 4.78 is 23.1. The van der Waals surface area contributed by atoms with Crippen molar-refractivity contribution in [2.24, 2.45) is 4.99 Å². The predicted octanol–water partition coefficient (Wildman–Crippen LogP) is 0.398. The van der Waals surface area contributed by atoms with Crippen molar-refractivity contribution in [2.75, 3.05) is 17.7 Å². The number of fused-ring (bicyclic) bond motifs is 3. The first-order valence-corrected chi connectivity index (χ1v) is 7.76. The molecule has 0 aromatic heterocycles. The highest BCUT2D eigenvalue weighted by Crippen LogP contribution is 2.30. The van der Waals surface area contributed by atoms with E-state index in [-0.39, 0.29) is 16.8 Å². The molecule has 0 bridgehead atoms. The Kier molecular flexibility index (Phi) is 2.43. The van der Waals surface area contributed by atoms with Crippen molar-refractivity contribution in [3.05, 3.63) is 23.8 Å². The molecule has 1 amide bonds. The number of rotatable bonds is 1. The summed E-state index contributed by atoms with van der Waals surface area (Å²) in [5, 5.41) is 2.69. The standard InChI is InChI=1S/C12H13N3O3S/c1-7-6-13-12-14-11(16)9-5-8(19(2,17)18)3-4-10(9)15(7)12/h3-5,7H,6H2,1-2H3,(H,13,14,16)/t7-/m1/s1. The Hall–Kier alpha value is -1.89. The summed E-state index contributed by atoms with van der Waals surface area (Å²) >= 11 is 0. The smallest absolute Gasteiger partial charge is 0.260 e. The SMILES string of the molecule is C[C@@H]1CN=C2NC(=O)c3cc(S(C)(=O)=O)ccc3N21. The Morgan fingerprint density at radius 3 is 2.84 bits per heavy atom. The van der Waals surface area contributed by atoms with Crippen LogP contribution in [0.3, 0.4) is 0 Å². The topological polar surface area (TPSA) is 78.8 Å². The van der Waals surface area contributed by atoms with Gasteiger partial charge in [0.25, 0.3) is 5.91 Å². The van der Waals surface area contributed by atoms with Gasteiger partial charge in [-0.05, 0) is 25.1 Å². The molecule has 2 aliphatic heterocycles. The second-order valence-corrected chi connectivity index (χ2v) is 6.80. The Balaban J connectivity index is 2.19. The molecule has 19 heavy (non-hydrogen) atoms.